The minimum Gasteiger partial charge on any atom is -0.481 e. The first-order chi connectivity index (χ1) is 14.2. The number of nitrogens with zero attached hydrogens (tertiary/aromatic N) is 4. The number of hydrogen-bond acceptors (Lipinski definition) is 6. The van der Waals surface area contributed by atoms with Gasteiger partial charge in [0.25, 0.3) is 0 Å². The zero-order valence-electron chi connectivity index (χ0n) is 15.5. The van der Waals surface area contributed by atoms with E-state index in [-0.39, 0.29) is 0 Å². The van der Waals surface area contributed by atoms with Gasteiger partial charge in [-0.3, -0.25) is 9.20 Å². The average molecular weight is 406 g/mol. The van der Waals surface area contributed by atoms with Crippen LogP contribution in [-0.2, 0) is 14.9 Å². The summed E-state index contributed by atoms with van der Waals surface area (Å²) in [7, 11) is 0. The van der Waals surface area contributed by atoms with Gasteiger partial charge in [0.05, 0.1) is 11.2 Å². The van der Waals surface area contributed by atoms with Crippen molar-refractivity contribution < 1.29 is 14.6 Å². The largest absolute Gasteiger partial charge is 0.481 e. The molecule has 5 rings (SSSR count). The first kappa shape index (κ1) is 18.1. The number of carboxylic acids is 1. The Balaban J connectivity index is 1.48. The van der Waals surface area contributed by atoms with E-state index in [4.69, 9.17) is 9.72 Å². The number of rotatable bonds is 4. The van der Waals surface area contributed by atoms with Crippen LogP contribution in [0.2, 0.25) is 0 Å². The molecule has 0 aliphatic carbocycles. The highest BCUT2D eigenvalue weighted by molar-refractivity contribution is 7.99. The Kier molecular flexibility index (Phi) is 4.44. The highest BCUT2D eigenvalue weighted by Gasteiger charge is 2.43. The summed E-state index contributed by atoms with van der Waals surface area (Å²) in [6, 6.07) is 15.7. The monoisotopic (exact) mass is 406 g/mol. The Bertz CT molecular complexity index is 1220. The van der Waals surface area contributed by atoms with E-state index in [1.165, 1.54) is 11.8 Å². The van der Waals surface area contributed by atoms with Gasteiger partial charge in [-0.25, -0.2) is 4.98 Å². The molecule has 1 fully saturated rings. The number of hydrogen-bond donors (Lipinski definition) is 1. The van der Waals surface area contributed by atoms with Crippen molar-refractivity contribution in [3.8, 4) is 0 Å². The Morgan fingerprint density at radius 1 is 1.14 bits per heavy atom. The topological polar surface area (TPSA) is 89.6 Å². The molecule has 4 aromatic rings. The van der Waals surface area contributed by atoms with Crippen LogP contribution in [0.4, 0.5) is 0 Å². The van der Waals surface area contributed by atoms with Gasteiger partial charge in [-0.15, -0.1) is 10.2 Å². The maximum absolute atomic E-state index is 12.1. The van der Waals surface area contributed by atoms with Crippen LogP contribution in [0.15, 0.2) is 64.8 Å². The van der Waals surface area contributed by atoms with E-state index in [1.807, 2.05) is 46.9 Å². The van der Waals surface area contributed by atoms with E-state index in [0.717, 1.165) is 26.5 Å². The van der Waals surface area contributed by atoms with Crippen LogP contribution in [-0.4, -0.2) is 43.9 Å². The second-order valence-corrected chi connectivity index (χ2v) is 8.17. The summed E-state index contributed by atoms with van der Waals surface area (Å²) in [4.78, 5) is 17.8. The zero-order chi connectivity index (χ0) is 19.8. The molecule has 0 amide bonds. The standard InChI is InChI=1S/C21H18N4O3S/c26-20(27)21(8-10-28-11-9-21)17-2-1-3-19(23-17)29-15-5-6-16-14(12-15)4-7-18-24-22-13-25(16)18/h1-7,12-13H,8-11H2,(H,26,27). The molecule has 0 atom stereocenters. The van der Waals surface area contributed by atoms with Crippen molar-refractivity contribution in [2.24, 2.45) is 0 Å². The summed E-state index contributed by atoms with van der Waals surface area (Å²) >= 11 is 1.52. The van der Waals surface area contributed by atoms with Crippen LogP contribution in [0.5, 0.6) is 0 Å². The summed E-state index contributed by atoms with van der Waals surface area (Å²) in [5.41, 5.74) is 1.47. The molecule has 4 heterocycles. The number of aromatic nitrogens is 4. The normalized spacial score (nSPS) is 16.3. The van der Waals surface area contributed by atoms with Crippen molar-refractivity contribution in [3.63, 3.8) is 0 Å². The Morgan fingerprint density at radius 2 is 2.00 bits per heavy atom. The number of aliphatic carboxylic acids is 1. The fraction of sp³-hybridized carbons (Fsp3) is 0.238. The summed E-state index contributed by atoms with van der Waals surface area (Å²) in [6.45, 7) is 0.876. The maximum atomic E-state index is 12.1. The second-order valence-electron chi connectivity index (χ2n) is 7.08. The van der Waals surface area contributed by atoms with E-state index < -0.39 is 11.4 Å². The lowest BCUT2D eigenvalue weighted by molar-refractivity contribution is -0.148. The SMILES string of the molecule is O=C(O)C1(c2cccc(Sc3ccc4c(ccc5nncn54)c3)n2)CCOCC1. The molecule has 0 saturated carbocycles. The van der Waals surface area contributed by atoms with Gasteiger partial charge in [0.1, 0.15) is 16.8 Å². The van der Waals surface area contributed by atoms with Gasteiger partial charge in [-0.05, 0) is 60.7 Å². The van der Waals surface area contributed by atoms with Crippen LogP contribution >= 0.6 is 11.8 Å². The molecule has 7 nitrogen and oxygen atoms in total. The zero-order valence-corrected chi connectivity index (χ0v) is 16.3. The highest BCUT2D eigenvalue weighted by Crippen LogP contribution is 2.36. The molecule has 0 bridgehead atoms. The predicted octanol–water partition coefficient (Wildman–Crippen LogP) is 3.56. The van der Waals surface area contributed by atoms with Crippen molar-refractivity contribution in [2.75, 3.05) is 13.2 Å². The second kappa shape index (κ2) is 7.13. The lowest BCUT2D eigenvalue weighted by atomic mass is 9.77. The minimum atomic E-state index is -0.974. The first-order valence-electron chi connectivity index (χ1n) is 9.35. The van der Waals surface area contributed by atoms with Gasteiger partial charge in [-0.2, -0.15) is 0 Å². The van der Waals surface area contributed by atoms with Crippen LogP contribution in [0.25, 0.3) is 16.6 Å². The number of carboxylic acid groups (broad SMARTS) is 1. The van der Waals surface area contributed by atoms with E-state index in [1.54, 1.807) is 6.33 Å². The molecule has 0 radical (unpaired) electrons. The molecule has 0 unspecified atom stereocenters. The third kappa shape index (κ3) is 3.14. The molecule has 1 saturated heterocycles. The third-order valence-corrected chi connectivity index (χ3v) is 6.36. The van der Waals surface area contributed by atoms with E-state index >= 15 is 0 Å². The summed E-state index contributed by atoms with van der Waals surface area (Å²) in [5.74, 6) is -0.834. The van der Waals surface area contributed by atoms with Gasteiger partial charge in [0, 0.05) is 18.1 Å². The number of ether oxygens (including phenoxy) is 1. The van der Waals surface area contributed by atoms with Crippen LogP contribution in [0.1, 0.15) is 18.5 Å². The first-order valence-corrected chi connectivity index (χ1v) is 10.2. The molecule has 29 heavy (non-hydrogen) atoms. The molecule has 0 spiro atoms. The number of pyridine rings is 2. The fourth-order valence-electron chi connectivity index (χ4n) is 3.81. The molecular formula is C21H18N4O3S. The molecule has 1 N–H and O–H groups in total. The lowest BCUT2D eigenvalue weighted by Crippen LogP contribution is -2.42. The van der Waals surface area contributed by atoms with Crippen molar-refractivity contribution in [2.45, 2.75) is 28.2 Å². The Labute approximate surface area is 170 Å². The van der Waals surface area contributed by atoms with Gasteiger partial charge < -0.3 is 9.84 Å². The lowest BCUT2D eigenvalue weighted by Gasteiger charge is -2.32. The predicted molar refractivity (Wildman–Crippen MR) is 108 cm³/mol. The molecule has 1 aliphatic heterocycles. The van der Waals surface area contributed by atoms with Crippen molar-refractivity contribution in [1.82, 2.24) is 19.6 Å². The Hall–Kier alpha value is -2.97. The molecule has 146 valence electrons. The maximum Gasteiger partial charge on any atom is 0.315 e. The highest BCUT2D eigenvalue weighted by atomic mass is 32.2. The molecule has 3 aromatic heterocycles. The van der Waals surface area contributed by atoms with Crippen molar-refractivity contribution in [3.05, 3.63) is 60.6 Å². The molecule has 1 aliphatic rings. The number of benzene rings is 1. The molecular weight excluding hydrogens is 388 g/mol. The van der Waals surface area contributed by atoms with Crippen LogP contribution in [0.3, 0.4) is 0 Å². The molecule has 1 aromatic carbocycles. The summed E-state index contributed by atoms with van der Waals surface area (Å²) in [6.07, 6.45) is 2.58. The fourth-order valence-corrected chi connectivity index (χ4v) is 4.67. The number of carbonyl (C=O) groups is 1. The average Bonchev–Trinajstić information content (AvgIpc) is 3.23. The van der Waals surface area contributed by atoms with Gasteiger partial charge >= 0.3 is 5.97 Å². The van der Waals surface area contributed by atoms with Crippen molar-refractivity contribution in [1.29, 1.82) is 0 Å². The smallest absolute Gasteiger partial charge is 0.315 e. The van der Waals surface area contributed by atoms with E-state index in [0.29, 0.717) is 31.7 Å². The quantitative estimate of drug-likeness (QED) is 0.554. The van der Waals surface area contributed by atoms with Gasteiger partial charge in [0.15, 0.2) is 5.65 Å². The third-order valence-electron chi connectivity index (χ3n) is 5.44. The van der Waals surface area contributed by atoms with Crippen LogP contribution in [0, 0.1) is 0 Å². The van der Waals surface area contributed by atoms with Gasteiger partial charge in [0.2, 0.25) is 0 Å². The number of fused-ring (bicyclic) bond motifs is 3. The summed E-state index contributed by atoms with van der Waals surface area (Å²) in [5, 5.41) is 19.8. The Morgan fingerprint density at radius 3 is 2.83 bits per heavy atom. The van der Waals surface area contributed by atoms with E-state index in [2.05, 4.69) is 16.3 Å². The van der Waals surface area contributed by atoms with Crippen LogP contribution < -0.4 is 0 Å². The minimum absolute atomic E-state index is 0.438. The summed E-state index contributed by atoms with van der Waals surface area (Å²) < 4.78 is 7.33. The van der Waals surface area contributed by atoms with Crippen molar-refractivity contribution >= 4 is 34.3 Å². The molecule has 8 heteroatoms. The van der Waals surface area contributed by atoms with E-state index in [9.17, 15) is 9.90 Å². The van der Waals surface area contributed by atoms with Gasteiger partial charge in [-0.1, -0.05) is 17.8 Å².